The first kappa shape index (κ1) is 15.3. The largest absolute Gasteiger partial charge is 0.378 e. The van der Waals surface area contributed by atoms with E-state index in [1.54, 1.807) is 0 Å². The minimum Gasteiger partial charge on any atom is -0.378 e. The fourth-order valence-electron chi connectivity index (χ4n) is 2.90. The van der Waals surface area contributed by atoms with Gasteiger partial charge in [-0.05, 0) is 33.1 Å². The van der Waals surface area contributed by atoms with Crippen LogP contribution < -0.4 is 0 Å². The number of piperazine rings is 1. The highest BCUT2D eigenvalue weighted by Crippen LogP contribution is 2.19. The third kappa shape index (κ3) is 3.71. The van der Waals surface area contributed by atoms with Crippen molar-refractivity contribution in [3.05, 3.63) is 0 Å². The van der Waals surface area contributed by atoms with E-state index in [-0.39, 0.29) is 12.0 Å². The molecule has 0 aromatic carbocycles. The number of ether oxygens (including phenoxy) is 1. The quantitative estimate of drug-likeness (QED) is 0.780. The summed E-state index contributed by atoms with van der Waals surface area (Å²) < 4.78 is 5.55. The Morgan fingerprint density at radius 2 is 2.05 bits per heavy atom. The van der Waals surface area contributed by atoms with Gasteiger partial charge in [-0.25, -0.2) is 0 Å². The van der Waals surface area contributed by atoms with Crippen molar-refractivity contribution in [2.45, 2.75) is 51.2 Å². The lowest BCUT2D eigenvalue weighted by atomic mass is 10.0. The Bertz CT molecular complexity index is 375. The van der Waals surface area contributed by atoms with E-state index < -0.39 is 5.54 Å². The van der Waals surface area contributed by atoms with Crippen LogP contribution in [0, 0.1) is 11.3 Å². The van der Waals surface area contributed by atoms with Crippen LogP contribution >= 0.6 is 0 Å². The first-order valence-electron chi connectivity index (χ1n) is 7.58. The molecule has 5 nitrogen and oxygen atoms in total. The second-order valence-electron chi connectivity index (χ2n) is 6.21. The van der Waals surface area contributed by atoms with Gasteiger partial charge in [-0.3, -0.25) is 9.69 Å². The summed E-state index contributed by atoms with van der Waals surface area (Å²) >= 11 is 0. The molecule has 5 heteroatoms. The molecule has 20 heavy (non-hydrogen) atoms. The Morgan fingerprint density at radius 1 is 1.35 bits per heavy atom. The minimum absolute atomic E-state index is 0.231. The normalized spacial score (nSPS) is 24.6. The third-order valence-electron chi connectivity index (χ3n) is 4.40. The molecule has 2 aliphatic rings. The van der Waals surface area contributed by atoms with Gasteiger partial charge in [0.05, 0.1) is 12.2 Å². The number of hydrogen-bond donors (Lipinski definition) is 0. The van der Waals surface area contributed by atoms with Gasteiger partial charge in [-0.15, -0.1) is 0 Å². The summed E-state index contributed by atoms with van der Waals surface area (Å²) in [5.41, 5.74) is -0.438. The maximum Gasteiger partial charge on any atom is 0.222 e. The predicted molar refractivity (Wildman–Crippen MR) is 76.1 cm³/mol. The van der Waals surface area contributed by atoms with Crippen LogP contribution in [0.1, 0.15) is 39.5 Å². The molecule has 2 fully saturated rings. The predicted octanol–water partition coefficient (Wildman–Crippen LogP) is 1.39. The highest BCUT2D eigenvalue weighted by molar-refractivity contribution is 5.76. The van der Waals surface area contributed by atoms with Gasteiger partial charge in [0.1, 0.15) is 5.54 Å². The van der Waals surface area contributed by atoms with E-state index in [0.29, 0.717) is 6.42 Å². The smallest absolute Gasteiger partial charge is 0.222 e. The zero-order valence-corrected chi connectivity index (χ0v) is 12.6. The average Bonchev–Trinajstić information content (AvgIpc) is 2.98. The van der Waals surface area contributed by atoms with Crippen LogP contribution in [0.2, 0.25) is 0 Å². The summed E-state index contributed by atoms with van der Waals surface area (Å²) in [4.78, 5) is 16.2. The fourth-order valence-corrected chi connectivity index (χ4v) is 2.90. The summed E-state index contributed by atoms with van der Waals surface area (Å²) in [6, 6.07) is 2.32. The molecule has 0 aromatic heterocycles. The lowest BCUT2D eigenvalue weighted by Gasteiger charge is -2.40. The van der Waals surface area contributed by atoms with Crippen LogP contribution in [0.25, 0.3) is 0 Å². The van der Waals surface area contributed by atoms with Gasteiger partial charge in [0, 0.05) is 39.2 Å². The first-order chi connectivity index (χ1) is 9.53. The Kier molecular flexibility index (Phi) is 5.00. The van der Waals surface area contributed by atoms with Crippen molar-refractivity contribution in [3.8, 4) is 6.07 Å². The molecule has 2 saturated heterocycles. The Labute approximate surface area is 121 Å². The molecular formula is C15H25N3O2. The average molecular weight is 279 g/mol. The summed E-state index contributed by atoms with van der Waals surface area (Å²) in [6.07, 6.45) is 3.95. The van der Waals surface area contributed by atoms with Gasteiger partial charge in [0.15, 0.2) is 0 Å². The Hall–Kier alpha value is -1.12. The molecule has 1 atom stereocenters. The summed E-state index contributed by atoms with van der Waals surface area (Å²) in [6.45, 7) is 7.74. The van der Waals surface area contributed by atoms with Gasteiger partial charge in [-0.2, -0.15) is 5.26 Å². The standard InChI is InChI=1S/C15H25N3O2/c1-15(2,12-16)18-9-7-17(8-10-18)14(19)6-5-13-4-3-11-20-13/h13H,3-11H2,1-2H3. The number of hydrogen-bond acceptors (Lipinski definition) is 4. The minimum atomic E-state index is -0.438. The van der Waals surface area contributed by atoms with Gasteiger partial charge in [0.2, 0.25) is 5.91 Å². The summed E-state index contributed by atoms with van der Waals surface area (Å²) in [5.74, 6) is 0.231. The lowest BCUT2D eigenvalue weighted by Crippen LogP contribution is -2.55. The first-order valence-corrected chi connectivity index (χ1v) is 7.58. The van der Waals surface area contributed by atoms with Crippen molar-refractivity contribution in [2.75, 3.05) is 32.8 Å². The third-order valence-corrected chi connectivity index (χ3v) is 4.40. The number of carbonyl (C=O) groups excluding carboxylic acids is 1. The molecule has 2 aliphatic heterocycles. The van der Waals surface area contributed by atoms with E-state index in [1.807, 2.05) is 18.7 Å². The van der Waals surface area contributed by atoms with E-state index in [2.05, 4.69) is 11.0 Å². The molecular weight excluding hydrogens is 254 g/mol. The second kappa shape index (κ2) is 6.55. The molecule has 1 amide bonds. The Morgan fingerprint density at radius 3 is 2.60 bits per heavy atom. The summed E-state index contributed by atoms with van der Waals surface area (Å²) in [7, 11) is 0. The molecule has 2 rings (SSSR count). The Balaban J connectivity index is 1.73. The monoisotopic (exact) mass is 279 g/mol. The van der Waals surface area contributed by atoms with E-state index in [9.17, 15) is 4.79 Å². The highest BCUT2D eigenvalue weighted by Gasteiger charge is 2.31. The number of carbonyl (C=O) groups is 1. The molecule has 0 bridgehead atoms. The zero-order valence-electron chi connectivity index (χ0n) is 12.6. The van der Waals surface area contributed by atoms with Gasteiger partial charge >= 0.3 is 0 Å². The molecule has 1 unspecified atom stereocenters. The lowest BCUT2D eigenvalue weighted by molar-refractivity contribution is -0.134. The molecule has 0 radical (unpaired) electrons. The van der Waals surface area contributed by atoms with Crippen LogP contribution in [0.3, 0.4) is 0 Å². The van der Waals surface area contributed by atoms with E-state index >= 15 is 0 Å². The van der Waals surface area contributed by atoms with Crippen molar-refractivity contribution >= 4 is 5.91 Å². The molecule has 0 aromatic rings. The SMILES string of the molecule is CC(C)(C#N)N1CCN(C(=O)CCC2CCCO2)CC1. The van der Waals surface area contributed by atoms with Crippen LogP contribution in [0.15, 0.2) is 0 Å². The second-order valence-corrected chi connectivity index (χ2v) is 6.21. The molecule has 2 heterocycles. The maximum atomic E-state index is 12.2. The van der Waals surface area contributed by atoms with Gasteiger partial charge in [0.25, 0.3) is 0 Å². The van der Waals surface area contributed by atoms with Crippen LogP contribution in [-0.4, -0.2) is 60.1 Å². The molecule has 0 saturated carbocycles. The van der Waals surface area contributed by atoms with Crippen molar-refractivity contribution in [3.63, 3.8) is 0 Å². The van der Waals surface area contributed by atoms with Crippen LogP contribution in [0.4, 0.5) is 0 Å². The number of amides is 1. The molecule has 0 aliphatic carbocycles. The highest BCUT2D eigenvalue weighted by atomic mass is 16.5. The zero-order chi connectivity index (χ0) is 14.6. The van der Waals surface area contributed by atoms with Crippen molar-refractivity contribution in [1.29, 1.82) is 5.26 Å². The maximum absolute atomic E-state index is 12.2. The molecule has 0 spiro atoms. The number of rotatable bonds is 4. The van der Waals surface area contributed by atoms with Crippen LogP contribution in [-0.2, 0) is 9.53 Å². The summed E-state index contributed by atoms with van der Waals surface area (Å²) in [5, 5.41) is 9.14. The van der Waals surface area contributed by atoms with Gasteiger partial charge in [-0.1, -0.05) is 0 Å². The number of nitriles is 1. The van der Waals surface area contributed by atoms with Crippen molar-refractivity contribution in [1.82, 2.24) is 9.80 Å². The molecule has 112 valence electrons. The van der Waals surface area contributed by atoms with Crippen molar-refractivity contribution in [2.24, 2.45) is 0 Å². The number of nitrogens with zero attached hydrogens (tertiary/aromatic N) is 3. The van der Waals surface area contributed by atoms with Gasteiger partial charge < -0.3 is 9.64 Å². The van der Waals surface area contributed by atoms with E-state index in [1.165, 1.54) is 0 Å². The fraction of sp³-hybridized carbons (Fsp3) is 0.867. The van der Waals surface area contributed by atoms with E-state index in [4.69, 9.17) is 10.00 Å². The topological polar surface area (TPSA) is 56.6 Å². The molecule has 0 N–H and O–H groups in total. The van der Waals surface area contributed by atoms with Crippen molar-refractivity contribution < 1.29 is 9.53 Å². The van der Waals surface area contributed by atoms with E-state index in [0.717, 1.165) is 52.0 Å². The van der Waals surface area contributed by atoms with Crippen LogP contribution in [0.5, 0.6) is 0 Å².